The van der Waals surface area contributed by atoms with Crippen LogP contribution < -0.4 is 4.90 Å². The molecule has 44 heavy (non-hydrogen) atoms. The summed E-state index contributed by atoms with van der Waals surface area (Å²) < 4.78 is 42.6. The largest absolute Gasteiger partial charge is 0.311 e. The Bertz CT molecular complexity index is 2300. The van der Waals surface area contributed by atoms with Gasteiger partial charge in [0.25, 0.3) is 0 Å². The number of nitrogens with zero attached hydrogens (tertiary/aromatic N) is 1. The second kappa shape index (κ2) is 11.7. The summed E-state index contributed by atoms with van der Waals surface area (Å²) in [6.45, 7) is 6.32. The van der Waals surface area contributed by atoms with E-state index in [9.17, 15) is 0 Å². The highest BCUT2D eigenvalue weighted by atomic mass is 15.1. The Morgan fingerprint density at radius 3 is 1.45 bits per heavy atom. The van der Waals surface area contributed by atoms with E-state index in [0.717, 1.165) is 27.5 Å². The predicted molar refractivity (Wildman–Crippen MR) is 189 cm³/mol. The van der Waals surface area contributed by atoms with Crippen LogP contribution in [0.4, 0.5) is 17.1 Å². The number of rotatable bonds is 6. The van der Waals surface area contributed by atoms with E-state index in [1.165, 1.54) is 33.4 Å². The molecule has 7 aromatic rings. The zero-order chi connectivity index (χ0) is 34.4. The Balaban J connectivity index is 1.29. The van der Waals surface area contributed by atoms with Gasteiger partial charge in [-0.2, -0.15) is 0 Å². The van der Waals surface area contributed by atoms with Crippen molar-refractivity contribution in [1.82, 2.24) is 0 Å². The van der Waals surface area contributed by atoms with Crippen molar-refractivity contribution in [3.05, 3.63) is 174 Å². The lowest BCUT2D eigenvalue weighted by Crippen LogP contribution is -2.09. The molecule has 0 aliphatic rings. The van der Waals surface area contributed by atoms with Crippen LogP contribution in [-0.4, -0.2) is 0 Å². The van der Waals surface area contributed by atoms with Gasteiger partial charge in [-0.25, -0.2) is 0 Å². The van der Waals surface area contributed by atoms with Crippen molar-refractivity contribution in [2.45, 2.75) is 20.8 Å². The average Bonchev–Trinajstić information content (AvgIpc) is 3.12. The van der Waals surface area contributed by atoms with Crippen molar-refractivity contribution in [3.8, 4) is 33.4 Å². The molecular weight excluding hydrogens is 530 g/mol. The van der Waals surface area contributed by atoms with E-state index in [1.54, 1.807) is 4.90 Å². The highest BCUT2D eigenvalue weighted by Crippen LogP contribution is 2.38. The predicted octanol–water partition coefficient (Wildman–Crippen LogP) is 12.2. The van der Waals surface area contributed by atoms with Gasteiger partial charge in [0.15, 0.2) is 0 Å². The average molecular weight is 571 g/mol. The first-order valence-corrected chi connectivity index (χ1v) is 14.9. The van der Waals surface area contributed by atoms with Gasteiger partial charge < -0.3 is 4.90 Å². The molecule has 0 fully saturated rings. The summed E-state index contributed by atoms with van der Waals surface area (Å²) in [7, 11) is 0. The molecule has 0 saturated heterocycles. The highest BCUT2D eigenvalue weighted by molar-refractivity contribution is 5.91. The molecule has 0 atom stereocenters. The van der Waals surface area contributed by atoms with Crippen molar-refractivity contribution >= 4 is 27.8 Å². The van der Waals surface area contributed by atoms with E-state index in [-0.39, 0.29) is 29.9 Å². The van der Waals surface area contributed by atoms with E-state index < -0.39 is 6.04 Å². The lowest BCUT2D eigenvalue weighted by Gasteiger charge is -2.26. The molecule has 0 N–H and O–H groups in total. The molecule has 7 rings (SSSR count). The van der Waals surface area contributed by atoms with Crippen molar-refractivity contribution < 1.29 is 6.85 Å². The van der Waals surface area contributed by atoms with Crippen molar-refractivity contribution in [2.24, 2.45) is 0 Å². The summed E-state index contributed by atoms with van der Waals surface area (Å²) in [6.07, 6.45) is 0. The fraction of sp³-hybridized carbons (Fsp3) is 0.0698. The SMILES string of the molecule is [2H]c1c([2H])c([2H])c(N(c2ccc(-c3ccc4cc(-c5ccccc5)ccc4c3)cc2)c2ccc(-c3c(C)cc(C)cc3C)cc2)c([2H])c1[2H]. The second-order valence-corrected chi connectivity index (χ2v) is 11.3. The number of benzene rings is 7. The maximum Gasteiger partial charge on any atom is 0.0645 e. The molecule has 1 heteroatoms. The molecule has 1 nitrogen and oxygen atoms in total. The number of para-hydroxylation sites is 1. The van der Waals surface area contributed by atoms with Crippen molar-refractivity contribution in [3.63, 3.8) is 0 Å². The Labute approximate surface area is 267 Å². The van der Waals surface area contributed by atoms with Gasteiger partial charge in [-0.3, -0.25) is 0 Å². The van der Waals surface area contributed by atoms with Crippen molar-refractivity contribution in [2.75, 3.05) is 4.90 Å². The third-order valence-corrected chi connectivity index (χ3v) is 8.21. The van der Waals surface area contributed by atoms with Gasteiger partial charge in [0.2, 0.25) is 0 Å². The van der Waals surface area contributed by atoms with Gasteiger partial charge in [0, 0.05) is 17.1 Å². The Morgan fingerprint density at radius 1 is 0.432 bits per heavy atom. The smallest absolute Gasteiger partial charge is 0.0645 e. The highest BCUT2D eigenvalue weighted by Gasteiger charge is 2.14. The van der Waals surface area contributed by atoms with Crippen molar-refractivity contribution in [1.29, 1.82) is 0 Å². The fourth-order valence-corrected chi connectivity index (χ4v) is 6.21. The molecule has 212 valence electrons. The number of hydrogen-bond donors (Lipinski definition) is 0. The molecule has 0 amide bonds. The molecule has 0 aliphatic heterocycles. The minimum Gasteiger partial charge on any atom is -0.311 e. The third kappa shape index (κ3) is 5.41. The quantitative estimate of drug-likeness (QED) is 0.192. The number of fused-ring (bicyclic) bond motifs is 1. The molecule has 0 bridgehead atoms. The van der Waals surface area contributed by atoms with Gasteiger partial charge >= 0.3 is 0 Å². The maximum absolute atomic E-state index is 8.83. The van der Waals surface area contributed by atoms with Crippen LogP contribution in [-0.2, 0) is 0 Å². The first kappa shape index (κ1) is 22.2. The molecule has 0 saturated carbocycles. The van der Waals surface area contributed by atoms with Crippen LogP contribution in [0.2, 0.25) is 0 Å². The minimum atomic E-state index is -0.415. The van der Waals surface area contributed by atoms with E-state index in [1.807, 2.05) is 66.7 Å². The number of hydrogen-bond acceptors (Lipinski definition) is 1. The Kier molecular flexibility index (Phi) is 5.90. The molecule has 0 spiro atoms. The summed E-state index contributed by atoms with van der Waals surface area (Å²) >= 11 is 0. The zero-order valence-electron chi connectivity index (χ0n) is 30.1. The van der Waals surface area contributed by atoms with E-state index in [0.29, 0.717) is 11.4 Å². The van der Waals surface area contributed by atoms with Crippen LogP contribution in [0.25, 0.3) is 44.2 Å². The topological polar surface area (TPSA) is 3.24 Å². The first-order valence-electron chi connectivity index (χ1n) is 17.4. The monoisotopic (exact) mass is 570 g/mol. The number of anilines is 3. The van der Waals surface area contributed by atoms with E-state index >= 15 is 0 Å². The molecule has 7 aromatic carbocycles. The van der Waals surface area contributed by atoms with Gasteiger partial charge in [0.05, 0.1) is 6.85 Å². The molecule has 0 heterocycles. The Hall–Kier alpha value is -5.40. The van der Waals surface area contributed by atoms with Gasteiger partial charge in [-0.05, 0) is 125 Å². The molecule has 0 aromatic heterocycles. The van der Waals surface area contributed by atoms with Crippen LogP contribution in [0.15, 0.2) is 158 Å². The van der Waals surface area contributed by atoms with Gasteiger partial charge in [-0.1, -0.05) is 115 Å². The normalized spacial score (nSPS) is 12.7. The van der Waals surface area contributed by atoms with Gasteiger partial charge in [-0.15, -0.1) is 0 Å². The molecule has 0 unspecified atom stereocenters. The van der Waals surface area contributed by atoms with Crippen LogP contribution in [0, 0.1) is 20.8 Å². The second-order valence-electron chi connectivity index (χ2n) is 11.3. The summed E-state index contributed by atoms with van der Waals surface area (Å²) in [5, 5.41) is 2.30. The lowest BCUT2D eigenvalue weighted by atomic mass is 9.93. The summed E-state index contributed by atoms with van der Waals surface area (Å²) in [4.78, 5) is 1.76. The fourth-order valence-electron chi connectivity index (χ4n) is 6.21. The van der Waals surface area contributed by atoms with E-state index in [2.05, 4.69) is 81.4 Å². The molecule has 0 radical (unpaired) electrons. The standard InChI is InChI=1S/C43H35N/c1-30-26-31(2)43(32(3)27-30)35-20-24-42(25-21-35)44(40-12-8-5-9-13-40)41-22-18-34(19-23-41)37-15-17-38-28-36(14-16-39(38)29-37)33-10-6-4-7-11-33/h4-29H,1-3H3/i5D,8D,9D,12D,13D. The molecular formula is C43H35N. The van der Waals surface area contributed by atoms with Crippen LogP contribution in [0.3, 0.4) is 0 Å². The minimum absolute atomic E-state index is 0.106. The van der Waals surface area contributed by atoms with Crippen LogP contribution in [0.1, 0.15) is 23.5 Å². The third-order valence-electron chi connectivity index (χ3n) is 8.21. The van der Waals surface area contributed by atoms with E-state index in [4.69, 9.17) is 6.85 Å². The first-order chi connectivity index (χ1) is 23.6. The number of aryl methyl sites for hydroxylation is 3. The Morgan fingerprint density at radius 2 is 0.909 bits per heavy atom. The van der Waals surface area contributed by atoms with Gasteiger partial charge in [0.1, 0.15) is 0 Å². The lowest BCUT2D eigenvalue weighted by molar-refractivity contribution is 1.28. The molecule has 0 aliphatic carbocycles. The van der Waals surface area contributed by atoms with Crippen LogP contribution in [0.5, 0.6) is 0 Å². The zero-order valence-corrected chi connectivity index (χ0v) is 25.1. The summed E-state index contributed by atoms with van der Waals surface area (Å²) in [5.41, 5.74) is 11.7. The summed E-state index contributed by atoms with van der Waals surface area (Å²) in [6, 6.07) is 41.9. The summed E-state index contributed by atoms with van der Waals surface area (Å²) in [5.74, 6) is 0. The maximum atomic E-state index is 8.83. The van der Waals surface area contributed by atoms with Crippen LogP contribution >= 0.6 is 0 Å².